The van der Waals surface area contributed by atoms with Gasteiger partial charge in [-0.2, -0.15) is 26.3 Å². The Balaban J connectivity index is 1.69. The van der Waals surface area contributed by atoms with Crippen molar-refractivity contribution in [3.63, 3.8) is 0 Å². The third-order valence-corrected chi connectivity index (χ3v) is 7.17. The van der Waals surface area contributed by atoms with E-state index in [0.717, 1.165) is 13.2 Å². The molecule has 0 spiro atoms. The lowest BCUT2D eigenvalue weighted by molar-refractivity contribution is -0.143. The van der Waals surface area contributed by atoms with E-state index in [0.29, 0.717) is 12.1 Å². The van der Waals surface area contributed by atoms with Crippen molar-refractivity contribution in [2.24, 2.45) is 0 Å². The number of carboxylic acid groups (broad SMARTS) is 1. The fourth-order valence-electron chi connectivity index (χ4n) is 5.01. The molecule has 2 atom stereocenters. The summed E-state index contributed by atoms with van der Waals surface area (Å²) in [5.74, 6) is -6.71. The Morgan fingerprint density at radius 2 is 1.68 bits per heavy atom. The quantitative estimate of drug-likeness (QED) is 0.155. The van der Waals surface area contributed by atoms with Gasteiger partial charge in [-0.05, 0) is 37.1 Å². The first-order valence-electron chi connectivity index (χ1n) is 13.8. The normalized spacial score (nSPS) is 13.3. The van der Waals surface area contributed by atoms with Gasteiger partial charge in [0.1, 0.15) is 40.6 Å². The Kier molecular flexibility index (Phi) is 9.92. The summed E-state index contributed by atoms with van der Waals surface area (Å²) in [6.45, 7) is 2.67. The number of aromatic nitrogens is 2. The third kappa shape index (κ3) is 7.52. The van der Waals surface area contributed by atoms with Crippen molar-refractivity contribution in [2.45, 2.75) is 51.1 Å². The average molecular weight is 671 g/mol. The van der Waals surface area contributed by atoms with E-state index in [-0.39, 0.29) is 27.7 Å². The standard InChI is InChI=1S/C31H26F8N4O4/c1-4-23(30(34,35)36)42-16-12-19(32)24(20(33)13-16)28(44)43-21(29(45)46)11-15-7-8-18(26-17(15)6-5-9-40-26)27-25(31(37,38)39)22(47-3)10-14(2)41-27/h5-10,12-13,21,23,42H,4,11H2,1-3H3,(H,43,44)(H,45,46)/t21-,23+/m0/s1. The van der Waals surface area contributed by atoms with E-state index in [1.807, 2.05) is 10.6 Å². The Hall–Kier alpha value is -5.02. The van der Waals surface area contributed by atoms with Crippen LogP contribution in [0.3, 0.4) is 0 Å². The zero-order chi connectivity index (χ0) is 34.8. The number of carbonyl (C=O) groups is 2. The summed E-state index contributed by atoms with van der Waals surface area (Å²) in [6, 6.07) is 3.59. The summed E-state index contributed by atoms with van der Waals surface area (Å²) in [4.78, 5) is 33.3. The SMILES string of the molecule is CC[C@@H](Nc1cc(F)c(C(=O)N[C@@H](Cc2ccc(-c3nc(C)cc(OC)c3C(F)(F)F)c3ncccc23)C(=O)O)c(F)c1)C(F)(F)F. The first kappa shape index (κ1) is 34.8. The predicted molar refractivity (Wildman–Crippen MR) is 154 cm³/mol. The van der Waals surface area contributed by atoms with Crippen molar-refractivity contribution >= 4 is 28.5 Å². The van der Waals surface area contributed by atoms with Crippen molar-refractivity contribution in [3.05, 3.63) is 82.7 Å². The molecule has 0 aliphatic rings. The molecule has 0 aliphatic heterocycles. The van der Waals surface area contributed by atoms with E-state index in [9.17, 15) is 49.8 Å². The Bertz CT molecular complexity index is 1810. The number of carboxylic acids is 1. The predicted octanol–water partition coefficient (Wildman–Crippen LogP) is 7.09. The van der Waals surface area contributed by atoms with Crippen molar-refractivity contribution in [1.29, 1.82) is 0 Å². The van der Waals surface area contributed by atoms with Crippen LogP contribution in [0.2, 0.25) is 0 Å². The summed E-state index contributed by atoms with van der Waals surface area (Å²) in [6.07, 6.45) is -9.27. The molecule has 4 rings (SSSR count). The lowest BCUT2D eigenvalue weighted by Gasteiger charge is -2.22. The highest BCUT2D eigenvalue weighted by Gasteiger charge is 2.40. The molecule has 8 nitrogen and oxygen atoms in total. The summed E-state index contributed by atoms with van der Waals surface area (Å²) in [7, 11) is 1.08. The molecule has 2 heterocycles. The van der Waals surface area contributed by atoms with Gasteiger partial charge in [-0.3, -0.25) is 14.8 Å². The molecule has 0 aliphatic carbocycles. The number of ether oxygens (including phenoxy) is 1. The zero-order valence-electron chi connectivity index (χ0n) is 24.8. The van der Waals surface area contributed by atoms with Gasteiger partial charge >= 0.3 is 18.3 Å². The number of hydrogen-bond donors (Lipinski definition) is 3. The minimum atomic E-state index is -4.88. The highest BCUT2D eigenvalue weighted by molar-refractivity contribution is 5.98. The topological polar surface area (TPSA) is 113 Å². The maximum absolute atomic E-state index is 14.8. The number of aryl methyl sites for hydroxylation is 1. The van der Waals surface area contributed by atoms with Crippen LogP contribution in [0, 0.1) is 18.6 Å². The van der Waals surface area contributed by atoms with Crippen molar-refractivity contribution < 1.29 is 54.6 Å². The van der Waals surface area contributed by atoms with Gasteiger partial charge in [0.2, 0.25) is 0 Å². The van der Waals surface area contributed by atoms with E-state index >= 15 is 0 Å². The van der Waals surface area contributed by atoms with Gasteiger partial charge in [0, 0.05) is 41.0 Å². The second kappa shape index (κ2) is 13.4. The van der Waals surface area contributed by atoms with Crippen LogP contribution < -0.4 is 15.4 Å². The van der Waals surface area contributed by atoms with E-state index in [2.05, 4.69) is 9.97 Å². The van der Waals surface area contributed by atoms with Gasteiger partial charge < -0.3 is 20.5 Å². The highest BCUT2D eigenvalue weighted by atomic mass is 19.4. The number of carbonyl (C=O) groups excluding carboxylic acids is 1. The van der Waals surface area contributed by atoms with Crippen LogP contribution in [0.1, 0.15) is 40.5 Å². The summed E-state index contributed by atoms with van der Waals surface area (Å²) in [5, 5.41) is 14.0. The van der Waals surface area contributed by atoms with Gasteiger partial charge in [0.05, 0.1) is 18.3 Å². The molecule has 47 heavy (non-hydrogen) atoms. The maximum atomic E-state index is 14.8. The molecule has 0 fully saturated rings. The first-order chi connectivity index (χ1) is 22.0. The summed E-state index contributed by atoms with van der Waals surface area (Å²) < 4.78 is 116. The van der Waals surface area contributed by atoms with Crippen LogP contribution in [0.15, 0.2) is 48.7 Å². The van der Waals surface area contributed by atoms with Crippen LogP contribution in [0.4, 0.5) is 40.8 Å². The Morgan fingerprint density at radius 3 is 2.23 bits per heavy atom. The minimum Gasteiger partial charge on any atom is -0.496 e. The zero-order valence-corrected chi connectivity index (χ0v) is 24.8. The molecule has 0 radical (unpaired) electrons. The average Bonchev–Trinajstić information content (AvgIpc) is 2.97. The molecule has 0 bridgehead atoms. The minimum absolute atomic E-state index is 0.00976. The number of fused-ring (bicyclic) bond motifs is 1. The van der Waals surface area contributed by atoms with Crippen LogP contribution >= 0.6 is 0 Å². The molecule has 2 aromatic heterocycles. The van der Waals surface area contributed by atoms with Crippen LogP contribution in [-0.4, -0.2) is 52.3 Å². The van der Waals surface area contributed by atoms with Gasteiger partial charge in [-0.1, -0.05) is 25.1 Å². The number of amides is 1. The van der Waals surface area contributed by atoms with E-state index < -0.39 is 89.0 Å². The number of nitrogens with zero attached hydrogens (tertiary/aromatic N) is 2. The number of rotatable bonds is 10. The molecule has 3 N–H and O–H groups in total. The number of hydrogen-bond acceptors (Lipinski definition) is 6. The number of pyridine rings is 2. The molecule has 4 aromatic rings. The largest absolute Gasteiger partial charge is 0.496 e. The van der Waals surface area contributed by atoms with Gasteiger partial charge in [-0.25, -0.2) is 13.6 Å². The second-order valence-corrected chi connectivity index (χ2v) is 10.4. The number of alkyl halides is 6. The molecule has 0 saturated heterocycles. The molecule has 250 valence electrons. The molecule has 0 unspecified atom stereocenters. The first-order valence-corrected chi connectivity index (χ1v) is 13.8. The number of nitrogens with one attached hydrogen (secondary N) is 2. The van der Waals surface area contributed by atoms with Gasteiger partial charge in [0.25, 0.3) is 5.91 Å². The van der Waals surface area contributed by atoms with E-state index in [4.69, 9.17) is 4.74 Å². The number of anilines is 1. The molecule has 16 heteroatoms. The van der Waals surface area contributed by atoms with Crippen molar-refractivity contribution in [2.75, 3.05) is 12.4 Å². The molecule has 0 saturated carbocycles. The van der Waals surface area contributed by atoms with Gasteiger partial charge in [-0.15, -0.1) is 0 Å². The lowest BCUT2D eigenvalue weighted by atomic mass is 9.95. The van der Waals surface area contributed by atoms with Gasteiger partial charge in [0.15, 0.2) is 0 Å². The lowest BCUT2D eigenvalue weighted by Crippen LogP contribution is -2.43. The summed E-state index contributed by atoms with van der Waals surface area (Å²) >= 11 is 0. The number of methoxy groups -OCH3 is 1. The third-order valence-electron chi connectivity index (χ3n) is 7.17. The van der Waals surface area contributed by atoms with E-state index in [1.54, 1.807) is 0 Å². The Morgan fingerprint density at radius 1 is 1.02 bits per heavy atom. The molecular formula is C31H26F8N4O4. The number of aliphatic carboxylic acids is 1. The second-order valence-electron chi connectivity index (χ2n) is 10.4. The highest BCUT2D eigenvalue weighted by Crippen LogP contribution is 2.44. The smallest absolute Gasteiger partial charge is 0.422 e. The maximum Gasteiger partial charge on any atom is 0.422 e. The summed E-state index contributed by atoms with van der Waals surface area (Å²) in [5.41, 5.74) is -3.12. The molecular weight excluding hydrogens is 644 g/mol. The monoisotopic (exact) mass is 670 g/mol. The number of benzene rings is 2. The molecule has 2 aromatic carbocycles. The van der Waals surface area contributed by atoms with Crippen LogP contribution in [-0.2, 0) is 17.4 Å². The number of halogens is 8. The van der Waals surface area contributed by atoms with Crippen molar-refractivity contribution in [3.8, 4) is 17.0 Å². The van der Waals surface area contributed by atoms with Crippen LogP contribution in [0.25, 0.3) is 22.2 Å². The fourth-order valence-corrected chi connectivity index (χ4v) is 5.01. The Labute approximate surface area is 261 Å². The molecule has 1 amide bonds. The van der Waals surface area contributed by atoms with Crippen molar-refractivity contribution in [1.82, 2.24) is 15.3 Å². The van der Waals surface area contributed by atoms with E-state index in [1.165, 1.54) is 44.3 Å². The fraction of sp³-hybridized carbons (Fsp3) is 0.290. The van der Waals surface area contributed by atoms with Crippen LogP contribution in [0.5, 0.6) is 5.75 Å².